The third kappa shape index (κ3) is 3.93. The van der Waals surface area contributed by atoms with Crippen LogP contribution in [0, 0.1) is 0 Å². The Kier molecular flexibility index (Phi) is 5.55. The molecule has 10 nitrogen and oxygen atoms in total. The third-order valence-corrected chi connectivity index (χ3v) is 5.81. The number of carbonyl (C=O) groups is 1. The zero-order chi connectivity index (χ0) is 24.9. The van der Waals surface area contributed by atoms with Gasteiger partial charge in [-0.2, -0.15) is 5.10 Å². The van der Waals surface area contributed by atoms with Crippen LogP contribution in [0.3, 0.4) is 0 Å². The molecule has 5 heterocycles. The molecule has 0 aromatic carbocycles. The summed E-state index contributed by atoms with van der Waals surface area (Å²) in [5, 5.41) is 14.9. The van der Waals surface area contributed by atoms with Crippen LogP contribution in [0.25, 0.3) is 5.52 Å². The number of nitrogens with zero attached hydrogens (tertiary/aromatic N) is 5. The molecule has 2 N–H and O–H groups in total. The zero-order valence-electron chi connectivity index (χ0n) is 19.3. The first kappa shape index (κ1) is 23.0. The second kappa shape index (κ2) is 8.45. The molecule has 0 radical (unpaired) electrons. The molecular formula is C23H24F2N6O4. The SMILES string of the molecule is CCOc1cccc2cc(C3c4nc[nH]c4CCN3C(=O)c3oc(C(C)(C)O)nc3C(F)F)nn12. The molecule has 12 heteroatoms. The Hall–Kier alpha value is -3.80. The maximum Gasteiger partial charge on any atom is 0.292 e. The number of hydrogen-bond donors (Lipinski definition) is 2. The van der Waals surface area contributed by atoms with E-state index in [1.807, 2.05) is 19.1 Å². The number of aromatic amines is 1. The summed E-state index contributed by atoms with van der Waals surface area (Å²) in [6.45, 7) is 5.19. The first-order chi connectivity index (χ1) is 16.7. The number of amides is 1. The number of carbonyl (C=O) groups excluding carboxylic acids is 1. The lowest BCUT2D eigenvalue weighted by Gasteiger charge is -2.33. The zero-order valence-corrected chi connectivity index (χ0v) is 19.3. The van der Waals surface area contributed by atoms with Crippen molar-refractivity contribution in [3.05, 3.63) is 65.0 Å². The lowest BCUT2D eigenvalue weighted by Crippen LogP contribution is -2.41. The minimum Gasteiger partial charge on any atom is -0.478 e. The minimum atomic E-state index is -3.07. The van der Waals surface area contributed by atoms with Gasteiger partial charge < -0.3 is 24.1 Å². The lowest BCUT2D eigenvalue weighted by molar-refractivity contribution is 0.0440. The highest BCUT2D eigenvalue weighted by Gasteiger charge is 2.40. The van der Waals surface area contributed by atoms with Crippen LogP contribution in [0.4, 0.5) is 8.78 Å². The van der Waals surface area contributed by atoms with Gasteiger partial charge in [0.1, 0.15) is 11.6 Å². The Labute approximate surface area is 198 Å². The monoisotopic (exact) mass is 486 g/mol. The molecule has 184 valence electrons. The van der Waals surface area contributed by atoms with Gasteiger partial charge in [-0.25, -0.2) is 23.3 Å². The van der Waals surface area contributed by atoms with E-state index < -0.39 is 35.4 Å². The Balaban J connectivity index is 1.62. The van der Waals surface area contributed by atoms with Gasteiger partial charge in [-0.3, -0.25) is 4.79 Å². The van der Waals surface area contributed by atoms with E-state index in [4.69, 9.17) is 9.15 Å². The lowest BCUT2D eigenvalue weighted by atomic mass is 9.99. The number of oxazole rings is 1. The Morgan fingerprint density at radius 3 is 2.91 bits per heavy atom. The van der Waals surface area contributed by atoms with Gasteiger partial charge in [-0.15, -0.1) is 0 Å². The van der Waals surface area contributed by atoms with Crippen molar-refractivity contribution in [2.75, 3.05) is 13.2 Å². The number of alkyl halides is 2. The maximum absolute atomic E-state index is 13.8. The molecule has 1 aliphatic rings. The summed E-state index contributed by atoms with van der Waals surface area (Å²) in [6.07, 6.45) is -1.11. The van der Waals surface area contributed by atoms with Gasteiger partial charge in [0.2, 0.25) is 17.5 Å². The Bertz CT molecular complexity index is 1390. The molecule has 0 aliphatic carbocycles. The average Bonchev–Trinajstić information content (AvgIpc) is 3.55. The number of nitrogens with one attached hydrogen (secondary N) is 1. The molecule has 0 saturated carbocycles. The van der Waals surface area contributed by atoms with Crippen LogP contribution in [0.1, 0.15) is 72.5 Å². The second-order valence-electron chi connectivity index (χ2n) is 8.71. The quantitative estimate of drug-likeness (QED) is 0.428. The molecule has 1 unspecified atom stereocenters. The number of halogens is 2. The smallest absolute Gasteiger partial charge is 0.292 e. The van der Waals surface area contributed by atoms with E-state index in [9.17, 15) is 18.7 Å². The molecule has 4 aromatic rings. The molecule has 1 aliphatic heterocycles. The van der Waals surface area contributed by atoms with Crippen LogP contribution in [0.5, 0.6) is 5.88 Å². The van der Waals surface area contributed by atoms with Crippen LogP contribution in [0.2, 0.25) is 0 Å². The van der Waals surface area contributed by atoms with E-state index in [-0.39, 0.29) is 12.4 Å². The maximum atomic E-state index is 13.8. The van der Waals surface area contributed by atoms with Gasteiger partial charge in [0.05, 0.1) is 29.8 Å². The summed E-state index contributed by atoms with van der Waals surface area (Å²) in [5.41, 5.74) is 0.151. The van der Waals surface area contributed by atoms with Crippen molar-refractivity contribution in [2.45, 2.75) is 45.3 Å². The van der Waals surface area contributed by atoms with Crippen molar-refractivity contribution in [3.63, 3.8) is 0 Å². The van der Waals surface area contributed by atoms with Crippen LogP contribution in [-0.2, 0) is 12.0 Å². The van der Waals surface area contributed by atoms with Gasteiger partial charge in [-0.05, 0) is 32.9 Å². The summed E-state index contributed by atoms with van der Waals surface area (Å²) < 4.78 is 40.3. The topological polar surface area (TPSA) is 122 Å². The molecule has 1 atom stereocenters. The fourth-order valence-electron chi connectivity index (χ4n) is 4.22. The number of imidazole rings is 1. The van der Waals surface area contributed by atoms with Crippen LogP contribution in [0.15, 0.2) is 35.0 Å². The highest BCUT2D eigenvalue weighted by Crippen LogP contribution is 2.37. The van der Waals surface area contributed by atoms with Crippen molar-refractivity contribution in [1.29, 1.82) is 0 Å². The molecule has 0 bridgehead atoms. The number of aromatic nitrogens is 5. The van der Waals surface area contributed by atoms with E-state index in [1.165, 1.54) is 25.1 Å². The Morgan fingerprint density at radius 2 is 2.20 bits per heavy atom. The average molecular weight is 486 g/mol. The van der Waals surface area contributed by atoms with E-state index in [0.29, 0.717) is 30.3 Å². The summed E-state index contributed by atoms with van der Waals surface area (Å²) in [7, 11) is 0. The van der Waals surface area contributed by atoms with Crippen molar-refractivity contribution >= 4 is 11.4 Å². The summed E-state index contributed by atoms with van der Waals surface area (Å²) >= 11 is 0. The Morgan fingerprint density at radius 1 is 1.40 bits per heavy atom. The molecular weight excluding hydrogens is 462 g/mol. The predicted octanol–water partition coefficient (Wildman–Crippen LogP) is 3.40. The fraction of sp³-hybridized carbons (Fsp3) is 0.391. The van der Waals surface area contributed by atoms with Crippen LogP contribution >= 0.6 is 0 Å². The second-order valence-corrected chi connectivity index (χ2v) is 8.71. The molecule has 4 aromatic heterocycles. The number of ether oxygens (including phenoxy) is 1. The molecule has 1 amide bonds. The van der Waals surface area contributed by atoms with Crippen LogP contribution < -0.4 is 4.74 Å². The fourth-order valence-corrected chi connectivity index (χ4v) is 4.22. The van der Waals surface area contributed by atoms with Crippen molar-refractivity contribution in [1.82, 2.24) is 29.5 Å². The number of H-pyrrole nitrogens is 1. The predicted molar refractivity (Wildman–Crippen MR) is 118 cm³/mol. The number of rotatable bonds is 6. The highest BCUT2D eigenvalue weighted by atomic mass is 19.3. The third-order valence-electron chi connectivity index (χ3n) is 5.81. The van der Waals surface area contributed by atoms with Crippen molar-refractivity contribution < 1.29 is 27.8 Å². The highest BCUT2D eigenvalue weighted by molar-refractivity contribution is 5.93. The summed E-state index contributed by atoms with van der Waals surface area (Å²) in [6, 6.07) is 6.48. The number of aliphatic hydroxyl groups is 1. The van der Waals surface area contributed by atoms with Gasteiger partial charge in [0.25, 0.3) is 12.3 Å². The minimum absolute atomic E-state index is 0.201. The summed E-state index contributed by atoms with van der Waals surface area (Å²) in [5.74, 6) is -1.24. The van der Waals surface area contributed by atoms with Gasteiger partial charge >= 0.3 is 0 Å². The van der Waals surface area contributed by atoms with Crippen LogP contribution in [-0.4, -0.2) is 53.6 Å². The van der Waals surface area contributed by atoms with E-state index in [1.54, 1.807) is 16.6 Å². The van der Waals surface area contributed by atoms with E-state index >= 15 is 0 Å². The van der Waals surface area contributed by atoms with Gasteiger partial charge in [0.15, 0.2) is 5.69 Å². The normalized spacial score (nSPS) is 16.2. The van der Waals surface area contributed by atoms with E-state index in [0.717, 1.165) is 11.2 Å². The summed E-state index contributed by atoms with van der Waals surface area (Å²) in [4.78, 5) is 26.2. The molecule has 5 rings (SSSR count). The molecule has 0 spiro atoms. The standard InChI is InChI=1S/C23H24F2N6O4/c1-4-34-15-7-5-6-12-10-14(29-31(12)15)18-16-13(26-11-27-16)8-9-30(18)21(32)19-17(20(24)25)28-22(35-19)23(2,3)33/h5-7,10-11,18,20,33H,4,8-9H2,1-3H3,(H,26,27). The van der Waals surface area contributed by atoms with Crippen molar-refractivity contribution in [3.8, 4) is 5.88 Å². The largest absolute Gasteiger partial charge is 0.478 e. The van der Waals surface area contributed by atoms with E-state index in [2.05, 4.69) is 20.1 Å². The molecule has 0 saturated heterocycles. The number of fused-ring (bicyclic) bond motifs is 2. The molecule has 35 heavy (non-hydrogen) atoms. The molecule has 0 fully saturated rings. The van der Waals surface area contributed by atoms with Gasteiger partial charge in [0, 0.05) is 24.7 Å². The first-order valence-electron chi connectivity index (χ1n) is 11.1. The van der Waals surface area contributed by atoms with Gasteiger partial charge in [-0.1, -0.05) is 6.07 Å². The first-order valence-corrected chi connectivity index (χ1v) is 11.1. The van der Waals surface area contributed by atoms with Crippen molar-refractivity contribution in [2.24, 2.45) is 0 Å². The number of hydrogen-bond acceptors (Lipinski definition) is 7. The number of pyridine rings is 1.